The van der Waals surface area contributed by atoms with E-state index in [1.54, 1.807) is 12.1 Å². The third kappa shape index (κ3) is 7.00. The summed E-state index contributed by atoms with van der Waals surface area (Å²) >= 11 is 11.8. The van der Waals surface area contributed by atoms with Gasteiger partial charge in [0.15, 0.2) is 6.61 Å². The number of sulfonamides is 1. The summed E-state index contributed by atoms with van der Waals surface area (Å²) in [5.41, 5.74) is 2.30. The fourth-order valence-corrected chi connectivity index (χ4v) is 5.40. The molecule has 0 spiro atoms. The number of hydrogen-bond acceptors (Lipinski definition) is 5. The zero-order valence-electron chi connectivity index (χ0n) is 17.9. The number of aryl methyl sites for hydroxylation is 1. The highest BCUT2D eigenvalue weighted by Gasteiger charge is 2.26. The van der Waals surface area contributed by atoms with Gasteiger partial charge in [0, 0.05) is 43.4 Å². The zero-order chi connectivity index (χ0) is 23.1. The van der Waals surface area contributed by atoms with Gasteiger partial charge in [-0.2, -0.15) is 4.31 Å². The summed E-state index contributed by atoms with van der Waals surface area (Å²) in [6, 6.07) is 12.9. The van der Waals surface area contributed by atoms with Crippen molar-refractivity contribution in [3.63, 3.8) is 0 Å². The molecule has 0 aliphatic carbocycles. The number of amides is 1. The minimum absolute atomic E-state index is 0.0123. The van der Waals surface area contributed by atoms with Crippen molar-refractivity contribution in [3.8, 4) is 5.75 Å². The van der Waals surface area contributed by atoms with E-state index in [1.807, 2.05) is 25.1 Å². The molecule has 2 aromatic carbocycles. The number of carbonyl (C=O) groups excluding carboxylic acids is 1. The van der Waals surface area contributed by atoms with E-state index in [-0.39, 0.29) is 24.8 Å². The molecule has 0 bridgehead atoms. The molecule has 0 aromatic heterocycles. The number of halogens is 2. The highest BCUT2D eigenvalue weighted by molar-refractivity contribution is 7.89. The number of nitrogens with zero attached hydrogens (tertiary/aromatic N) is 2. The number of ether oxygens (including phenoxy) is 1. The van der Waals surface area contributed by atoms with Crippen molar-refractivity contribution in [3.05, 3.63) is 58.1 Å². The lowest BCUT2D eigenvalue weighted by Crippen LogP contribution is -2.49. The number of benzene rings is 2. The molecule has 174 valence electrons. The van der Waals surface area contributed by atoms with Gasteiger partial charge in [-0.1, -0.05) is 35.3 Å². The van der Waals surface area contributed by atoms with Gasteiger partial charge in [0.1, 0.15) is 5.75 Å². The Labute approximate surface area is 199 Å². The van der Waals surface area contributed by atoms with E-state index in [0.717, 1.165) is 5.69 Å². The van der Waals surface area contributed by atoms with Gasteiger partial charge in [0.2, 0.25) is 10.0 Å². The summed E-state index contributed by atoms with van der Waals surface area (Å²) < 4.78 is 32.2. The first kappa shape index (κ1) is 24.6. The first-order valence-corrected chi connectivity index (χ1v) is 12.7. The maximum absolute atomic E-state index is 12.6. The first-order valence-electron chi connectivity index (χ1n) is 10.4. The minimum Gasteiger partial charge on any atom is -0.482 e. The number of anilines is 1. The maximum Gasteiger partial charge on any atom is 0.257 e. The van der Waals surface area contributed by atoms with Gasteiger partial charge in [0.25, 0.3) is 5.91 Å². The maximum atomic E-state index is 12.6. The van der Waals surface area contributed by atoms with Crippen molar-refractivity contribution in [2.45, 2.75) is 13.3 Å². The Hall–Kier alpha value is -2.00. The van der Waals surface area contributed by atoms with E-state index in [2.05, 4.69) is 16.3 Å². The predicted octanol–water partition coefficient (Wildman–Crippen LogP) is 3.34. The van der Waals surface area contributed by atoms with E-state index in [0.29, 0.717) is 48.4 Å². The molecule has 1 saturated heterocycles. The van der Waals surface area contributed by atoms with Crippen LogP contribution in [0.2, 0.25) is 10.0 Å². The topological polar surface area (TPSA) is 79.0 Å². The second-order valence-corrected chi connectivity index (χ2v) is 10.5. The quantitative estimate of drug-likeness (QED) is 0.535. The van der Waals surface area contributed by atoms with Crippen LogP contribution in [0.15, 0.2) is 42.5 Å². The average Bonchev–Trinajstić information content (AvgIpc) is 2.76. The van der Waals surface area contributed by atoms with E-state index < -0.39 is 10.0 Å². The number of hydrogen-bond donors (Lipinski definition) is 1. The molecule has 0 saturated carbocycles. The van der Waals surface area contributed by atoms with Crippen molar-refractivity contribution >= 4 is 44.8 Å². The summed E-state index contributed by atoms with van der Waals surface area (Å²) in [7, 11) is -3.37. The van der Waals surface area contributed by atoms with Gasteiger partial charge < -0.3 is 15.0 Å². The zero-order valence-corrected chi connectivity index (χ0v) is 20.2. The van der Waals surface area contributed by atoms with Crippen molar-refractivity contribution in [2.75, 3.05) is 50.0 Å². The van der Waals surface area contributed by atoms with Crippen molar-refractivity contribution < 1.29 is 17.9 Å². The monoisotopic (exact) mass is 499 g/mol. The molecule has 0 unspecified atom stereocenters. The molecule has 32 heavy (non-hydrogen) atoms. The first-order chi connectivity index (χ1) is 15.2. The van der Waals surface area contributed by atoms with Crippen LogP contribution in [-0.2, 0) is 14.8 Å². The van der Waals surface area contributed by atoms with Crippen LogP contribution in [0.5, 0.6) is 5.75 Å². The molecule has 7 nitrogen and oxygen atoms in total. The van der Waals surface area contributed by atoms with E-state index >= 15 is 0 Å². The van der Waals surface area contributed by atoms with Gasteiger partial charge in [-0.05, 0) is 49.2 Å². The molecule has 1 aliphatic rings. The average molecular weight is 500 g/mol. The molecular formula is C22H27Cl2N3O4S. The van der Waals surface area contributed by atoms with Gasteiger partial charge in [-0.3, -0.25) is 4.79 Å². The Morgan fingerprint density at radius 1 is 1.09 bits per heavy atom. The van der Waals surface area contributed by atoms with Crippen LogP contribution in [0.3, 0.4) is 0 Å². The van der Waals surface area contributed by atoms with Gasteiger partial charge in [-0.25, -0.2) is 8.42 Å². The molecule has 2 aromatic rings. The Morgan fingerprint density at radius 2 is 1.84 bits per heavy atom. The number of piperazine rings is 1. The Bertz CT molecular complexity index is 1040. The highest BCUT2D eigenvalue weighted by Crippen LogP contribution is 2.27. The largest absolute Gasteiger partial charge is 0.482 e. The Morgan fingerprint density at radius 3 is 2.53 bits per heavy atom. The highest BCUT2D eigenvalue weighted by atomic mass is 35.5. The fraction of sp³-hybridized carbons (Fsp3) is 0.409. The summed E-state index contributed by atoms with van der Waals surface area (Å²) in [5.74, 6) is 0.000456. The predicted molar refractivity (Wildman–Crippen MR) is 128 cm³/mol. The SMILES string of the molecule is Cc1cccc(N2CCN(S(=O)(=O)CCCNC(=O)COc3ccc(Cl)cc3Cl)CC2)c1. The molecule has 1 N–H and O–H groups in total. The number of rotatable bonds is 9. The van der Waals surface area contributed by atoms with E-state index in [1.165, 1.54) is 15.9 Å². The lowest BCUT2D eigenvalue weighted by atomic mass is 10.2. The van der Waals surface area contributed by atoms with Crippen LogP contribution in [0.25, 0.3) is 0 Å². The van der Waals surface area contributed by atoms with Crippen LogP contribution in [0, 0.1) is 6.92 Å². The third-order valence-electron chi connectivity index (χ3n) is 5.15. The summed E-state index contributed by atoms with van der Waals surface area (Å²) in [5, 5.41) is 3.46. The summed E-state index contributed by atoms with van der Waals surface area (Å²) in [4.78, 5) is 14.1. The molecule has 0 atom stereocenters. The second kappa shape index (κ2) is 11.2. The molecule has 1 fully saturated rings. The van der Waals surface area contributed by atoms with Crippen LogP contribution in [0.1, 0.15) is 12.0 Å². The lowest BCUT2D eigenvalue weighted by molar-refractivity contribution is -0.123. The molecular weight excluding hydrogens is 473 g/mol. The van der Waals surface area contributed by atoms with Gasteiger partial charge in [0.05, 0.1) is 10.8 Å². The summed E-state index contributed by atoms with van der Waals surface area (Å²) in [6.07, 6.45) is 0.327. The Kier molecular flexibility index (Phi) is 8.64. The molecule has 0 radical (unpaired) electrons. The van der Waals surface area contributed by atoms with Crippen LogP contribution < -0.4 is 15.0 Å². The van der Waals surface area contributed by atoms with Crippen molar-refractivity contribution in [2.24, 2.45) is 0 Å². The molecule has 3 rings (SSSR count). The normalized spacial score (nSPS) is 14.9. The van der Waals surface area contributed by atoms with Crippen molar-refractivity contribution in [1.29, 1.82) is 0 Å². The van der Waals surface area contributed by atoms with Crippen LogP contribution in [0.4, 0.5) is 5.69 Å². The van der Waals surface area contributed by atoms with E-state index in [9.17, 15) is 13.2 Å². The number of carbonyl (C=O) groups is 1. The third-order valence-corrected chi connectivity index (χ3v) is 7.64. The number of nitrogens with one attached hydrogen (secondary N) is 1. The standard InChI is InChI=1S/C22H27Cl2N3O4S/c1-17-4-2-5-19(14-17)26-9-11-27(12-10-26)32(29,30)13-3-8-25-22(28)16-31-21-7-6-18(23)15-20(21)24/h2,4-7,14-15H,3,8-13,16H2,1H3,(H,25,28). The molecule has 1 heterocycles. The lowest BCUT2D eigenvalue weighted by Gasteiger charge is -2.35. The van der Waals surface area contributed by atoms with Crippen molar-refractivity contribution in [1.82, 2.24) is 9.62 Å². The molecule has 1 amide bonds. The minimum atomic E-state index is -3.37. The van der Waals surface area contributed by atoms with Crippen LogP contribution >= 0.6 is 23.2 Å². The second-order valence-electron chi connectivity index (χ2n) is 7.61. The Balaban J connectivity index is 1.36. The smallest absolute Gasteiger partial charge is 0.257 e. The van der Waals surface area contributed by atoms with E-state index in [4.69, 9.17) is 27.9 Å². The van der Waals surface area contributed by atoms with Crippen LogP contribution in [-0.4, -0.2) is 63.7 Å². The van der Waals surface area contributed by atoms with Gasteiger partial charge in [-0.15, -0.1) is 0 Å². The van der Waals surface area contributed by atoms with Gasteiger partial charge >= 0.3 is 0 Å². The molecule has 10 heteroatoms. The summed E-state index contributed by atoms with van der Waals surface area (Å²) in [6.45, 7) is 4.31. The molecule has 1 aliphatic heterocycles. The fourth-order valence-electron chi connectivity index (χ4n) is 3.45.